The van der Waals surface area contributed by atoms with Crippen LogP contribution in [0.5, 0.6) is 0 Å². The summed E-state index contributed by atoms with van der Waals surface area (Å²) >= 11 is 0. The molecular weight excluding hydrogens is 382 g/mol. The highest BCUT2D eigenvalue weighted by atomic mass is 16.5. The van der Waals surface area contributed by atoms with Crippen molar-refractivity contribution in [3.63, 3.8) is 0 Å². The number of nitrogens with zero attached hydrogens (tertiary/aromatic N) is 3. The summed E-state index contributed by atoms with van der Waals surface area (Å²) in [7, 11) is 0. The third-order valence-electron chi connectivity index (χ3n) is 5.28. The smallest absolute Gasteiger partial charge is 0.306 e. The standard InChI is InChI=1S/C23H23N3O4/c27-21(26-15-13-19(24-26)17-6-2-1-3-7-17)10-11-23(29)30-16-22(28)25-14-12-18-8-4-5-9-20(18)25/h1-9H,10-16H2. The van der Waals surface area contributed by atoms with E-state index >= 15 is 0 Å². The molecule has 0 bridgehead atoms. The summed E-state index contributed by atoms with van der Waals surface area (Å²) in [6.07, 6.45) is 1.41. The van der Waals surface area contributed by atoms with Crippen molar-refractivity contribution < 1.29 is 19.1 Å². The number of hydrazone groups is 1. The van der Waals surface area contributed by atoms with E-state index in [9.17, 15) is 14.4 Å². The fraction of sp³-hybridized carbons (Fsp3) is 0.304. The Morgan fingerprint density at radius 1 is 0.867 bits per heavy atom. The minimum Gasteiger partial charge on any atom is -0.456 e. The van der Waals surface area contributed by atoms with Crippen molar-refractivity contribution in [2.75, 3.05) is 24.6 Å². The fourth-order valence-corrected chi connectivity index (χ4v) is 3.70. The number of rotatable bonds is 6. The molecule has 0 spiro atoms. The Bertz CT molecular complexity index is 987. The van der Waals surface area contributed by atoms with Crippen LogP contribution in [0.25, 0.3) is 0 Å². The first-order valence-corrected chi connectivity index (χ1v) is 10.1. The van der Waals surface area contributed by atoms with E-state index in [4.69, 9.17) is 4.74 Å². The van der Waals surface area contributed by atoms with Gasteiger partial charge in [0.25, 0.3) is 5.91 Å². The minimum absolute atomic E-state index is 0.00510. The lowest BCUT2D eigenvalue weighted by molar-refractivity contribution is -0.149. The van der Waals surface area contributed by atoms with Crippen LogP contribution in [0.1, 0.15) is 30.4 Å². The SMILES string of the molecule is O=C(CCC(=O)N1CCC(c2ccccc2)=N1)OCC(=O)N1CCc2ccccc21. The summed E-state index contributed by atoms with van der Waals surface area (Å²) in [5.41, 5.74) is 3.84. The number of para-hydroxylation sites is 1. The van der Waals surface area contributed by atoms with Crippen molar-refractivity contribution in [2.45, 2.75) is 25.7 Å². The fourth-order valence-electron chi connectivity index (χ4n) is 3.70. The number of esters is 1. The molecule has 2 amide bonds. The lowest BCUT2D eigenvalue weighted by Gasteiger charge is -2.17. The molecule has 0 saturated heterocycles. The molecule has 0 radical (unpaired) electrons. The van der Waals surface area contributed by atoms with Crippen LogP contribution in [-0.2, 0) is 25.5 Å². The van der Waals surface area contributed by atoms with Gasteiger partial charge < -0.3 is 9.64 Å². The van der Waals surface area contributed by atoms with Gasteiger partial charge in [0, 0.05) is 25.1 Å². The Hall–Kier alpha value is -3.48. The molecule has 0 fully saturated rings. The molecule has 2 aliphatic heterocycles. The normalized spacial score (nSPS) is 15.0. The van der Waals surface area contributed by atoms with Crippen LogP contribution in [-0.4, -0.2) is 48.2 Å². The van der Waals surface area contributed by atoms with Gasteiger partial charge in [-0.2, -0.15) is 5.10 Å². The van der Waals surface area contributed by atoms with Crippen molar-refractivity contribution in [3.8, 4) is 0 Å². The highest BCUT2D eigenvalue weighted by Gasteiger charge is 2.25. The average Bonchev–Trinajstić information content (AvgIpc) is 3.44. The monoisotopic (exact) mass is 405 g/mol. The lowest BCUT2D eigenvalue weighted by atomic mass is 10.1. The van der Waals surface area contributed by atoms with Crippen molar-refractivity contribution in [2.24, 2.45) is 5.10 Å². The van der Waals surface area contributed by atoms with Crippen molar-refractivity contribution in [1.29, 1.82) is 0 Å². The van der Waals surface area contributed by atoms with Crippen LogP contribution >= 0.6 is 0 Å². The number of amides is 2. The van der Waals surface area contributed by atoms with E-state index in [-0.39, 0.29) is 31.3 Å². The van der Waals surface area contributed by atoms with Crippen molar-refractivity contribution in [1.82, 2.24) is 5.01 Å². The Balaban J connectivity index is 1.22. The number of carbonyl (C=O) groups is 3. The quantitative estimate of drug-likeness (QED) is 0.692. The van der Waals surface area contributed by atoms with Gasteiger partial charge in [-0.25, -0.2) is 5.01 Å². The Labute approximate surface area is 174 Å². The van der Waals surface area contributed by atoms with Gasteiger partial charge in [-0.1, -0.05) is 48.5 Å². The Morgan fingerprint density at radius 3 is 2.47 bits per heavy atom. The van der Waals surface area contributed by atoms with Gasteiger partial charge in [-0.15, -0.1) is 0 Å². The van der Waals surface area contributed by atoms with Crippen LogP contribution in [0.15, 0.2) is 59.7 Å². The van der Waals surface area contributed by atoms with Crippen molar-refractivity contribution >= 4 is 29.2 Å². The second-order valence-electron chi connectivity index (χ2n) is 7.26. The van der Waals surface area contributed by atoms with E-state index in [0.717, 1.165) is 28.9 Å². The van der Waals surface area contributed by atoms with Gasteiger partial charge in [-0.3, -0.25) is 14.4 Å². The largest absolute Gasteiger partial charge is 0.456 e. The molecule has 30 heavy (non-hydrogen) atoms. The average molecular weight is 405 g/mol. The first kappa shape index (κ1) is 19.8. The summed E-state index contributed by atoms with van der Waals surface area (Å²) in [6.45, 7) is 0.775. The number of anilines is 1. The van der Waals surface area contributed by atoms with E-state index in [1.807, 2.05) is 54.6 Å². The van der Waals surface area contributed by atoms with Gasteiger partial charge in [0.15, 0.2) is 6.61 Å². The summed E-state index contributed by atoms with van der Waals surface area (Å²) < 4.78 is 5.10. The Morgan fingerprint density at radius 2 is 1.63 bits per heavy atom. The molecule has 2 heterocycles. The zero-order valence-electron chi connectivity index (χ0n) is 16.6. The second kappa shape index (κ2) is 8.90. The predicted molar refractivity (Wildman–Crippen MR) is 112 cm³/mol. The maximum absolute atomic E-state index is 12.4. The first-order chi connectivity index (χ1) is 14.6. The van der Waals surface area contributed by atoms with Crippen LogP contribution in [0.2, 0.25) is 0 Å². The molecule has 2 aromatic carbocycles. The molecule has 0 aromatic heterocycles. The molecule has 0 atom stereocenters. The van der Waals surface area contributed by atoms with E-state index < -0.39 is 5.97 Å². The number of ether oxygens (including phenoxy) is 1. The number of carbonyl (C=O) groups excluding carboxylic acids is 3. The number of fused-ring (bicyclic) bond motifs is 1. The maximum atomic E-state index is 12.4. The summed E-state index contributed by atoms with van der Waals surface area (Å²) in [5.74, 6) is -1.04. The molecule has 2 aliphatic rings. The molecule has 0 aliphatic carbocycles. The molecule has 0 N–H and O–H groups in total. The van der Waals surface area contributed by atoms with Gasteiger partial charge in [0.1, 0.15) is 0 Å². The lowest BCUT2D eigenvalue weighted by Crippen LogP contribution is -2.33. The number of benzene rings is 2. The molecule has 7 nitrogen and oxygen atoms in total. The Kier molecular flexibility index (Phi) is 5.88. The van der Waals surface area contributed by atoms with Crippen LogP contribution in [0, 0.1) is 0 Å². The van der Waals surface area contributed by atoms with Crippen molar-refractivity contribution in [3.05, 3.63) is 65.7 Å². The van der Waals surface area contributed by atoms with E-state index in [1.165, 1.54) is 5.01 Å². The molecule has 7 heteroatoms. The highest BCUT2D eigenvalue weighted by Crippen LogP contribution is 2.27. The number of hydrogen-bond donors (Lipinski definition) is 0. The number of hydrogen-bond acceptors (Lipinski definition) is 5. The third-order valence-corrected chi connectivity index (χ3v) is 5.28. The maximum Gasteiger partial charge on any atom is 0.306 e. The predicted octanol–water partition coefficient (Wildman–Crippen LogP) is 2.54. The summed E-state index contributed by atoms with van der Waals surface area (Å²) in [5, 5.41) is 5.78. The first-order valence-electron chi connectivity index (χ1n) is 10.1. The van der Waals surface area contributed by atoms with Crippen LogP contribution < -0.4 is 4.90 Å². The summed E-state index contributed by atoms with van der Waals surface area (Å²) in [4.78, 5) is 38.4. The van der Waals surface area contributed by atoms with Crippen LogP contribution in [0.4, 0.5) is 5.69 Å². The zero-order chi connectivity index (χ0) is 20.9. The van der Waals surface area contributed by atoms with Crippen LogP contribution in [0.3, 0.4) is 0 Å². The molecule has 0 unspecified atom stereocenters. The van der Waals surface area contributed by atoms with Gasteiger partial charge in [0.2, 0.25) is 5.91 Å². The van der Waals surface area contributed by atoms with E-state index in [2.05, 4.69) is 5.10 Å². The zero-order valence-corrected chi connectivity index (χ0v) is 16.6. The second-order valence-corrected chi connectivity index (χ2v) is 7.26. The van der Waals surface area contributed by atoms with Gasteiger partial charge >= 0.3 is 5.97 Å². The molecule has 154 valence electrons. The molecule has 4 rings (SSSR count). The van der Waals surface area contributed by atoms with E-state index in [1.54, 1.807) is 4.90 Å². The van der Waals surface area contributed by atoms with Gasteiger partial charge in [-0.05, 0) is 23.6 Å². The molecule has 2 aromatic rings. The van der Waals surface area contributed by atoms with Gasteiger partial charge in [0.05, 0.1) is 18.7 Å². The molecule has 0 saturated carbocycles. The highest BCUT2D eigenvalue weighted by molar-refractivity contribution is 6.02. The third kappa shape index (κ3) is 4.40. The summed E-state index contributed by atoms with van der Waals surface area (Å²) in [6, 6.07) is 17.4. The molecular formula is C23H23N3O4. The van der Waals surface area contributed by atoms with E-state index in [0.29, 0.717) is 19.5 Å². The minimum atomic E-state index is -0.560. The topological polar surface area (TPSA) is 79.3 Å².